The average Bonchev–Trinajstić information content (AvgIpc) is 1.97. The van der Waals surface area contributed by atoms with Crippen LogP contribution < -0.4 is 4.74 Å². The van der Waals surface area contributed by atoms with Gasteiger partial charge in [-0.25, -0.2) is 4.39 Å². The van der Waals surface area contributed by atoms with Crippen molar-refractivity contribution in [2.75, 3.05) is 13.2 Å². The molecule has 0 N–H and O–H groups in total. The van der Waals surface area contributed by atoms with Crippen molar-refractivity contribution in [3.8, 4) is 5.75 Å². The van der Waals surface area contributed by atoms with Gasteiger partial charge in [-0.05, 0) is 12.1 Å². The third-order valence-electron chi connectivity index (χ3n) is 1.71. The maximum Gasteiger partial charge on any atom is 0.145 e. The highest BCUT2D eigenvalue weighted by Gasteiger charge is 2.19. The van der Waals surface area contributed by atoms with Crippen LogP contribution in [0.1, 0.15) is 0 Å². The first-order valence-corrected chi connectivity index (χ1v) is 3.84. The molecule has 2 rings (SSSR count). The molecule has 1 aliphatic rings. The van der Waals surface area contributed by atoms with Crippen molar-refractivity contribution in [1.29, 1.82) is 0 Å². The molecule has 1 aromatic rings. The fourth-order valence-electron chi connectivity index (χ4n) is 1.01. The molecule has 0 spiro atoms. The molecule has 0 amide bonds. The number of benzene rings is 1. The summed E-state index contributed by atoms with van der Waals surface area (Å²) < 4.78 is 22.9. The van der Waals surface area contributed by atoms with Gasteiger partial charge in [0.25, 0.3) is 0 Å². The Kier molecular flexibility index (Phi) is 1.96. The maximum atomic E-state index is 12.6. The average molecular weight is 168 g/mol. The first kappa shape index (κ1) is 7.55. The predicted molar refractivity (Wildman–Crippen MR) is 41.6 cm³/mol. The standard InChI is InChI=1S/C9H9FO2/c10-7-2-1-3-8(4-7)12-9-5-11-6-9/h1-4,9H,5-6H2. The summed E-state index contributed by atoms with van der Waals surface area (Å²) in [5.74, 6) is 0.302. The van der Waals surface area contributed by atoms with Crippen molar-refractivity contribution in [1.82, 2.24) is 0 Å². The Hall–Kier alpha value is -1.09. The minimum atomic E-state index is -0.271. The van der Waals surface area contributed by atoms with Gasteiger partial charge in [0.05, 0.1) is 13.2 Å². The molecule has 0 atom stereocenters. The summed E-state index contributed by atoms with van der Waals surface area (Å²) in [7, 11) is 0. The lowest BCUT2D eigenvalue weighted by atomic mass is 10.3. The Morgan fingerprint density at radius 3 is 2.83 bits per heavy atom. The van der Waals surface area contributed by atoms with Crippen LogP contribution in [0, 0.1) is 5.82 Å². The summed E-state index contributed by atoms with van der Waals surface area (Å²) in [5, 5.41) is 0. The highest BCUT2D eigenvalue weighted by atomic mass is 19.1. The Morgan fingerprint density at radius 1 is 1.42 bits per heavy atom. The summed E-state index contributed by atoms with van der Waals surface area (Å²) in [4.78, 5) is 0. The molecular weight excluding hydrogens is 159 g/mol. The summed E-state index contributed by atoms with van der Waals surface area (Å²) in [5.41, 5.74) is 0. The first-order valence-electron chi connectivity index (χ1n) is 3.84. The van der Waals surface area contributed by atoms with E-state index in [9.17, 15) is 4.39 Å². The molecule has 0 aromatic heterocycles. The molecule has 0 aliphatic carbocycles. The molecule has 3 heteroatoms. The van der Waals surface area contributed by atoms with E-state index in [0.29, 0.717) is 19.0 Å². The predicted octanol–water partition coefficient (Wildman–Crippen LogP) is 1.60. The highest BCUT2D eigenvalue weighted by Crippen LogP contribution is 2.16. The van der Waals surface area contributed by atoms with Crippen LogP contribution in [0.4, 0.5) is 4.39 Å². The quantitative estimate of drug-likeness (QED) is 0.667. The van der Waals surface area contributed by atoms with E-state index in [1.54, 1.807) is 12.1 Å². The summed E-state index contributed by atoms with van der Waals surface area (Å²) >= 11 is 0. The summed E-state index contributed by atoms with van der Waals surface area (Å²) in [6.45, 7) is 1.22. The van der Waals surface area contributed by atoms with E-state index in [0.717, 1.165) is 0 Å². The normalized spacial score (nSPS) is 17.1. The molecule has 1 aromatic carbocycles. The van der Waals surface area contributed by atoms with Crippen LogP contribution in [0.2, 0.25) is 0 Å². The molecule has 1 aliphatic heterocycles. The Morgan fingerprint density at radius 2 is 2.25 bits per heavy atom. The Labute approximate surface area is 69.9 Å². The fourth-order valence-corrected chi connectivity index (χ4v) is 1.01. The van der Waals surface area contributed by atoms with Gasteiger partial charge >= 0.3 is 0 Å². The largest absolute Gasteiger partial charge is 0.485 e. The molecule has 64 valence electrons. The first-order chi connectivity index (χ1) is 5.84. The molecule has 1 fully saturated rings. The zero-order chi connectivity index (χ0) is 8.39. The van der Waals surface area contributed by atoms with Crippen LogP contribution >= 0.6 is 0 Å². The third-order valence-corrected chi connectivity index (χ3v) is 1.71. The van der Waals surface area contributed by atoms with E-state index < -0.39 is 0 Å². The third kappa shape index (κ3) is 1.56. The van der Waals surface area contributed by atoms with Gasteiger partial charge in [-0.3, -0.25) is 0 Å². The van der Waals surface area contributed by atoms with Crippen molar-refractivity contribution < 1.29 is 13.9 Å². The van der Waals surface area contributed by atoms with E-state index in [4.69, 9.17) is 9.47 Å². The van der Waals surface area contributed by atoms with E-state index >= 15 is 0 Å². The molecule has 2 nitrogen and oxygen atoms in total. The molecule has 12 heavy (non-hydrogen) atoms. The van der Waals surface area contributed by atoms with Gasteiger partial charge < -0.3 is 9.47 Å². The Balaban J connectivity index is 2.02. The second-order valence-corrected chi connectivity index (χ2v) is 2.73. The fraction of sp³-hybridized carbons (Fsp3) is 0.333. The lowest BCUT2D eigenvalue weighted by Crippen LogP contribution is -2.38. The second kappa shape index (κ2) is 3.11. The van der Waals surface area contributed by atoms with Crippen LogP contribution in [0.25, 0.3) is 0 Å². The van der Waals surface area contributed by atoms with Gasteiger partial charge in [0, 0.05) is 6.07 Å². The molecule has 0 bridgehead atoms. The lowest BCUT2D eigenvalue weighted by molar-refractivity contribution is -0.0797. The SMILES string of the molecule is Fc1cccc(OC2COC2)c1. The van der Waals surface area contributed by atoms with E-state index in [-0.39, 0.29) is 11.9 Å². The van der Waals surface area contributed by atoms with Crippen LogP contribution in [-0.2, 0) is 4.74 Å². The minimum Gasteiger partial charge on any atom is -0.485 e. The second-order valence-electron chi connectivity index (χ2n) is 2.73. The number of rotatable bonds is 2. The van der Waals surface area contributed by atoms with E-state index in [1.807, 2.05) is 0 Å². The van der Waals surface area contributed by atoms with Crippen molar-refractivity contribution >= 4 is 0 Å². The number of halogens is 1. The zero-order valence-corrected chi connectivity index (χ0v) is 6.50. The number of hydrogen-bond acceptors (Lipinski definition) is 2. The highest BCUT2D eigenvalue weighted by molar-refractivity contribution is 5.22. The minimum absolute atomic E-state index is 0.104. The molecule has 1 saturated heterocycles. The van der Waals surface area contributed by atoms with Crippen molar-refractivity contribution in [3.63, 3.8) is 0 Å². The molecule has 0 saturated carbocycles. The topological polar surface area (TPSA) is 18.5 Å². The van der Waals surface area contributed by atoms with Gasteiger partial charge in [-0.2, -0.15) is 0 Å². The van der Waals surface area contributed by atoms with E-state index in [1.165, 1.54) is 12.1 Å². The summed E-state index contributed by atoms with van der Waals surface area (Å²) in [6, 6.07) is 6.13. The zero-order valence-electron chi connectivity index (χ0n) is 6.50. The monoisotopic (exact) mass is 168 g/mol. The molecular formula is C9H9FO2. The number of ether oxygens (including phenoxy) is 2. The van der Waals surface area contributed by atoms with Gasteiger partial charge in [-0.15, -0.1) is 0 Å². The van der Waals surface area contributed by atoms with Gasteiger partial charge in [0.1, 0.15) is 17.7 Å². The number of hydrogen-bond donors (Lipinski definition) is 0. The smallest absolute Gasteiger partial charge is 0.145 e. The summed E-state index contributed by atoms with van der Waals surface area (Å²) in [6.07, 6.45) is 0.104. The van der Waals surface area contributed by atoms with Crippen LogP contribution in [0.15, 0.2) is 24.3 Å². The molecule has 1 heterocycles. The van der Waals surface area contributed by atoms with Crippen LogP contribution in [-0.4, -0.2) is 19.3 Å². The molecule has 0 radical (unpaired) electrons. The lowest BCUT2D eigenvalue weighted by Gasteiger charge is -2.26. The molecule has 0 unspecified atom stereocenters. The Bertz CT molecular complexity index is 271. The van der Waals surface area contributed by atoms with Crippen molar-refractivity contribution in [3.05, 3.63) is 30.1 Å². The van der Waals surface area contributed by atoms with Crippen molar-refractivity contribution in [2.24, 2.45) is 0 Å². The maximum absolute atomic E-state index is 12.6. The van der Waals surface area contributed by atoms with Gasteiger partial charge in [-0.1, -0.05) is 6.07 Å². The van der Waals surface area contributed by atoms with Crippen LogP contribution in [0.3, 0.4) is 0 Å². The van der Waals surface area contributed by atoms with E-state index in [2.05, 4.69) is 0 Å². The van der Waals surface area contributed by atoms with Gasteiger partial charge in [0.15, 0.2) is 0 Å². The van der Waals surface area contributed by atoms with Crippen LogP contribution in [0.5, 0.6) is 5.75 Å². The van der Waals surface area contributed by atoms with Crippen molar-refractivity contribution in [2.45, 2.75) is 6.10 Å². The van der Waals surface area contributed by atoms with Gasteiger partial charge in [0.2, 0.25) is 0 Å².